The maximum absolute atomic E-state index is 8.77. The van der Waals surface area contributed by atoms with E-state index in [1.807, 2.05) is 6.92 Å². The lowest BCUT2D eigenvalue weighted by Gasteiger charge is -2.25. The number of nitrogens with zero attached hydrogens (tertiary/aromatic N) is 2. The van der Waals surface area contributed by atoms with Gasteiger partial charge in [0.1, 0.15) is 0 Å². The molecule has 2 atom stereocenters. The molecule has 0 heterocycles. The third-order valence-electron chi connectivity index (χ3n) is 3.04. The van der Waals surface area contributed by atoms with Gasteiger partial charge in [-0.2, -0.15) is 5.26 Å². The zero-order chi connectivity index (χ0) is 10.6. The van der Waals surface area contributed by atoms with Crippen molar-refractivity contribution in [2.45, 2.75) is 51.2 Å². The molecule has 14 heavy (non-hydrogen) atoms. The van der Waals surface area contributed by atoms with Crippen molar-refractivity contribution < 1.29 is 0 Å². The van der Waals surface area contributed by atoms with Crippen LogP contribution in [0.3, 0.4) is 0 Å². The summed E-state index contributed by atoms with van der Waals surface area (Å²) < 4.78 is 0. The van der Waals surface area contributed by atoms with Crippen LogP contribution in [-0.2, 0) is 0 Å². The van der Waals surface area contributed by atoms with Crippen molar-refractivity contribution in [2.24, 2.45) is 0 Å². The van der Waals surface area contributed by atoms with Gasteiger partial charge in [-0.3, -0.25) is 4.90 Å². The molecule has 0 aromatic rings. The lowest BCUT2D eigenvalue weighted by molar-refractivity contribution is 0.238. The highest BCUT2D eigenvalue weighted by molar-refractivity contribution is 4.91. The van der Waals surface area contributed by atoms with Gasteiger partial charge in [-0.1, -0.05) is 6.92 Å². The minimum absolute atomic E-state index is 0.0186. The zero-order valence-electron chi connectivity index (χ0n) is 9.45. The number of rotatable bonds is 6. The Labute approximate surface area is 87.1 Å². The van der Waals surface area contributed by atoms with Gasteiger partial charge < -0.3 is 5.32 Å². The van der Waals surface area contributed by atoms with Gasteiger partial charge in [0, 0.05) is 18.6 Å². The number of hydrogen-bond acceptors (Lipinski definition) is 3. The zero-order valence-corrected chi connectivity index (χ0v) is 9.45. The van der Waals surface area contributed by atoms with Crippen LogP contribution in [0.4, 0.5) is 0 Å². The van der Waals surface area contributed by atoms with E-state index in [9.17, 15) is 0 Å². The molecule has 1 rings (SSSR count). The first-order valence-electron chi connectivity index (χ1n) is 5.54. The van der Waals surface area contributed by atoms with Crippen LogP contribution < -0.4 is 5.32 Å². The third kappa shape index (κ3) is 3.28. The lowest BCUT2D eigenvalue weighted by Crippen LogP contribution is -2.42. The molecule has 0 saturated heterocycles. The van der Waals surface area contributed by atoms with Gasteiger partial charge in [0.05, 0.1) is 12.1 Å². The second-order valence-electron chi connectivity index (χ2n) is 4.24. The second-order valence-corrected chi connectivity index (χ2v) is 4.24. The molecule has 3 heteroatoms. The van der Waals surface area contributed by atoms with Crippen LogP contribution in [0.1, 0.15) is 33.1 Å². The third-order valence-corrected chi connectivity index (χ3v) is 3.04. The van der Waals surface area contributed by atoms with Gasteiger partial charge in [0.2, 0.25) is 0 Å². The molecule has 1 aliphatic rings. The van der Waals surface area contributed by atoms with Gasteiger partial charge in [-0.15, -0.1) is 0 Å². The van der Waals surface area contributed by atoms with E-state index >= 15 is 0 Å². The van der Waals surface area contributed by atoms with Crippen molar-refractivity contribution in [3.8, 4) is 6.07 Å². The van der Waals surface area contributed by atoms with E-state index in [1.165, 1.54) is 12.8 Å². The molecule has 0 spiro atoms. The van der Waals surface area contributed by atoms with Crippen LogP contribution in [0.5, 0.6) is 0 Å². The Hall–Kier alpha value is -0.590. The van der Waals surface area contributed by atoms with Crippen molar-refractivity contribution in [1.29, 1.82) is 5.26 Å². The molecule has 0 aliphatic heterocycles. The van der Waals surface area contributed by atoms with Gasteiger partial charge >= 0.3 is 0 Å². The lowest BCUT2D eigenvalue weighted by atomic mass is 10.2. The molecule has 0 bridgehead atoms. The Morgan fingerprint density at radius 1 is 1.57 bits per heavy atom. The van der Waals surface area contributed by atoms with Crippen molar-refractivity contribution >= 4 is 0 Å². The largest absolute Gasteiger partial charge is 0.300 e. The fraction of sp³-hybridized carbons (Fsp3) is 0.909. The monoisotopic (exact) mass is 195 g/mol. The SMILES string of the molecule is CCC(C#N)NCC(C)N(C)C1CC1. The van der Waals surface area contributed by atoms with Crippen molar-refractivity contribution in [3.63, 3.8) is 0 Å². The average Bonchev–Trinajstić information content (AvgIpc) is 3.01. The van der Waals surface area contributed by atoms with E-state index in [0.29, 0.717) is 6.04 Å². The van der Waals surface area contributed by atoms with Crippen LogP contribution >= 0.6 is 0 Å². The molecule has 0 radical (unpaired) electrons. The van der Waals surface area contributed by atoms with Gasteiger partial charge in [-0.05, 0) is 33.2 Å². The van der Waals surface area contributed by atoms with Crippen molar-refractivity contribution in [1.82, 2.24) is 10.2 Å². The summed E-state index contributed by atoms with van der Waals surface area (Å²) in [5.41, 5.74) is 0. The molecule has 1 aliphatic carbocycles. The average molecular weight is 195 g/mol. The summed E-state index contributed by atoms with van der Waals surface area (Å²) in [6.07, 6.45) is 3.57. The summed E-state index contributed by atoms with van der Waals surface area (Å²) in [6, 6.07) is 3.61. The van der Waals surface area contributed by atoms with E-state index in [2.05, 4.69) is 30.3 Å². The van der Waals surface area contributed by atoms with Crippen molar-refractivity contribution in [3.05, 3.63) is 0 Å². The smallest absolute Gasteiger partial charge is 0.0950 e. The minimum atomic E-state index is 0.0186. The number of likely N-dealkylation sites (N-methyl/N-ethyl adjacent to an activating group) is 1. The predicted molar refractivity (Wildman–Crippen MR) is 57.9 cm³/mol. The maximum atomic E-state index is 8.77. The fourth-order valence-corrected chi connectivity index (χ4v) is 1.58. The normalized spacial score (nSPS) is 20.5. The highest BCUT2D eigenvalue weighted by Crippen LogP contribution is 2.26. The first-order valence-corrected chi connectivity index (χ1v) is 5.54. The molecule has 1 saturated carbocycles. The van der Waals surface area contributed by atoms with Crippen molar-refractivity contribution in [2.75, 3.05) is 13.6 Å². The summed E-state index contributed by atoms with van der Waals surface area (Å²) >= 11 is 0. The Morgan fingerprint density at radius 2 is 2.21 bits per heavy atom. The molecular formula is C11H21N3. The molecule has 0 amide bonds. The standard InChI is InChI=1S/C11H21N3/c1-4-10(7-12)13-8-9(2)14(3)11-5-6-11/h9-11,13H,4-6,8H2,1-3H3. The summed E-state index contributed by atoms with van der Waals surface area (Å²) in [4.78, 5) is 2.41. The van der Waals surface area contributed by atoms with Crippen LogP contribution in [0.15, 0.2) is 0 Å². The second kappa shape index (κ2) is 5.33. The molecule has 1 fully saturated rings. The van der Waals surface area contributed by atoms with E-state index < -0.39 is 0 Å². The Bertz CT molecular complexity index is 205. The minimum Gasteiger partial charge on any atom is -0.300 e. The Kier molecular flexibility index (Phi) is 4.37. The number of hydrogen-bond donors (Lipinski definition) is 1. The Morgan fingerprint density at radius 3 is 2.64 bits per heavy atom. The van der Waals surface area contributed by atoms with Gasteiger partial charge in [0.25, 0.3) is 0 Å². The molecule has 3 nitrogen and oxygen atoms in total. The summed E-state index contributed by atoms with van der Waals surface area (Å²) in [7, 11) is 2.18. The van der Waals surface area contributed by atoms with E-state index in [-0.39, 0.29) is 6.04 Å². The van der Waals surface area contributed by atoms with Gasteiger partial charge in [0.15, 0.2) is 0 Å². The van der Waals surface area contributed by atoms with Crippen LogP contribution in [0, 0.1) is 11.3 Å². The maximum Gasteiger partial charge on any atom is 0.0950 e. The molecule has 1 N–H and O–H groups in total. The molecule has 0 aromatic heterocycles. The first-order chi connectivity index (χ1) is 6.69. The highest BCUT2D eigenvalue weighted by atomic mass is 15.2. The topological polar surface area (TPSA) is 39.1 Å². The Balaban J connectivity index is 2.19. The summed E-state index contributed by atoms with van der Waals surface area (Å²) in [6.45, 7) is 5.17. The predicted octanol–water partition coefficient (Wildman–Crippen LogP) is 1.36. The summed E-state index contributed by atoms with van der Waals surface area (Å²) in [5.74, 6) is 0. The number of nitriles is 1. The molecular weight excluding hydrogens is 174 g/mol. The van der Waals surface area contributed by atoms with Crippen LogP contribution in [-0.4, -0.2) is 36.6 Å². The molecule has 2 unspecified atom stereocenters. The van der Waals surface area contributed by atoms with Gasteiger partial charge in [-0.25, -0.2) is 0 Å². The molecule has 0 aromatic carbocycles. The van der Waals surface area contributed by atoms with E-state index in [1.54, 1.807) is 0 Å². The van der Waals surface area contributed by atoms with E-state index in [4.69, 9.17) is 5.26 Å². The van der Waals surface area contributed by atoms with Crippen LogP contribution in [0.2, 0.25) is 0 Å². The fourth-order valence-electron chi connectivity index (χ4n) is 1.58. The quantitative estimate of drug-likeness (QED) is 0.695. The number of nitrogens with one attached hydrogen (secondary N) is 1. The molecule has 80 valence electrons. The van der Waals surface area contributed by atoms with Crippen LogP contribution in [0.25, 0.3) is 0 Å². The summed E-state index contributed by atoms with van der Waals surface area (Å²) in [5, 5.41) is 12.1. The van der Waals surface area contributed by atoms with E-state index in [0.717, 1.165) is 19.0 Å². The first kappa shape index (κ1) is 11.5. The highest BCUT2D eigenvalue weighted by Gasteiger charge is 2.28.